The highest BCUT2D eigenvalue weighted by Gasteiger charge is 2.37. The number of nitro benzene ring substituents is 1. The average molecular weight is 358 g/mol. The lowest BCUT2D eigenvalue weighted by molar-refractivity contribution is -0.385. The molecule has 0 N–H and O–H groups in total. The smallest absolute Gasteiger partial charge is 0.337 e. The van der Waals surface area contributed by atoms with Gasteiger partial charge in [-0.25, -0.2) is 4.79 Å². The summed E-state index contributed by atoms with van der Waals surface area (Å²) in [5.41, 5.74) is 1.39. The third-order valence-electron chi connectivity index (χ3n) is 3.83. The van der Waals surface area contributed by atoms with Gasteiger partial charge in [-0.2, -0.15) is 0 Å². The van der Waals surface area contributed by atoms with Gasteiger partial charge in [-0.05, 0) is 30.3 Å². The molecule has 25 heavy (non-hydrogen) atoms. The highest BCUT2D eigenvalue weighted by molar-refractivity contribution is 8.00. The van der Waals surface area contributed by atoms with Gasteiger partial charge in [0.25, 0.3) is 5.69 Å². The van der Waals surface area contributed by atoms with Crippen molar-refractivity contribution in [3.8, 4) is 0 Å². The summed E-state index contributed by atoms with van der Waals surface area (Å²) in [6, 6.07) is 12.8. The fourth-order valence-corrected chi connectivity index (χ4v) is 3.88. The second kappa shape index (κ2) is 6.94. The highest BCUT2D eigenvalue weighted by atomic mass is 32.2. The minimum atomic E-state index is -0.488. The Bertz CT molecular complexity index is 837. The molecule has 128 valence electrons. The Labute approximate surface area is 147 Å². The number of thioether (sulfide) groups is 1. The Morgan fingerprint density at radius 1 is 1.24 bits per heavy atom. The quantitative estimate of drug-likeness (QED) is 0.474. The number of carbonyl (C=O) groups is 2. The lowest BCUT2D eigenvalue weighted by Crippen LogP contribution is -2.28. The summed E-state index contributed by atoms with van der Waals surface area (Å²) >= 11 is 1.33. The number of anilines is 1. The van der Waals surface area contributed by atoms with Crippen LogP contribution in [0.4, 0.5) is 11.4 Å². The molecule has 8 heteroatoms. The predicted octanol–water partition coefficient (Wildman–Crippen LogP) is 3.16. The molecule has 1 heterocycles. The van der Waals surface area contributed by atoms with E-state index in [1.165, 1.54) is 29.8 Å². The molecule has 1 aliphatic rings. The third kappa shape index (κ3) is 3.20. The molecule has 1 aliphatic heterocycles. The third-order valence-corrected chi connectivity index (χ3v) is 5.03. The first kappa shape index (κ1) is 17.0. The molecule has 0 bridgehead atoms. The zero-order valence-electron chi connectivity index (χ0n) is 13.2. The number of nitro groups is 1. The Kier molecular flexibility index (Phi) is 4.71. The predicted molar refractivity (Wildman–Crippen MR) is 93.6 cm³/mol. The molecule has 0 aromatic heterocycles. The Hall–Kier alpha value is -2.87. The first-order chi connectivity index (χ1) is 12.0. The molecule has 0 radical (unpaired) electrons. The van der Waals surface area contributed by atoms with Crippen LogP contribution < -0.4 is 4.90 Å². The molecule has 1 fully saturated rings. The van der Waals surface area contributed by atoms with Crippen LogP contribution in [0.3, 0.4) is 0 Å². The van der Waals surface area contributed by atoms with Crippen LogP contribution in [-0.2, 0) is 9.53 Å². The zero-order valence-corrected chi connectivity index (χ0v) is 14.1. The summed E-state index contributed by atoms with van der Waals surface area (Å²) in [6.07, 6.45) is 0. The molecule has 0 saturated carbocycles. The van der Waals surface area contributed by atoms with Crippen LogP contribution >= 0.6 is 11.8 Å². The fourth-order valence-electron chi connectivity index (χ4n) is 2.67. The zero-order chi connectivity index (χ0) is 18.0. The van der Waals surface area contributed by atoms with Crippen LogP contribution in [0.2, 0.25) is 0 Å². The van der Waals surface area contributed by atoms with Crippen LogP contribution in [0.15, 0.2) is 48.5 Å². The van der Waals surface area contributed by atoms with Crippen molar-refractivity contribution in [2.75, 3.05) is 17.8 Å². The molecule has 2 aromatic rings. The van der Waals surface area contributed by atoms with Crippen molar-refractivity contribution in [2.45, 2.75) is 5.37 Å². The topological polar surface area (TPSA) is 89.8 Å². The van der Waals surface area contributed by atoms with Crippen molar-refractivity contribution in [3.63, 3.8) is 0 Å². The molecular formula is C17H14N2O5S. The summed E-state index contributed by atoms with van der Waals surface area (Å²) in [5, 5.41) is 10.8. The molecule has 3 rings (SSSR count). The van der Waals surface area contributed by atoms with E-state index in [0.717, 1.165) is 0 Å². The summed E-state index contributed by atoms with van der Waals surface area (Å²) in [6.45, 7) is 0. The van der Waals surface area contributed by atoms with E-state index in [0.29, 0.717) is 16.8 Å². The van der Waals surface area contributed by atoms with Crippen molar-refractivity contribution in [3.05, 3.63) is 69.8 Å². The fraction of sp³-hybridized carbons (Fsp3) is 0.176. The van der Waals surface area contributed by atoms with Gasteiger partial charge in [-0.1, -0.05) is 12.1 Å². The molecule has 1 amide bonds. The summed E-state index contributed by atoms with van der Waals surface area (Å²) in [4.78, 5) is 36.3. The van der Waals surface area contributed by atoms with Crippen LogP contribution in [0, 0.1) is 10.1 Å². The molecule has 0 aliphatic carbocycles. The van der Waals surface area contributed by atoms with Crippen molar-refractivity contribution < 1.29 is 19.2 Å². The average Bonchev–Trinajstić information content (AvgIpc) is 3.02. The Morgan fingerprint density at radius 3 is 2.56 bits per heavy atom. The maximum Gasteiger partial charge on any atom is 0.337 e. The van der Waals surface area contributed by atoms with Gasteiger partial charge in [0.05, 0.1) is 28.9 Å². The van der Waals surface area contributed by atoms with E-state index >= 15 is 0 Å². The van der Waals surface area contributed by atoms with Crippen LogP contribution in [0.25, 0.3) is 0 Å². The maximum atomic E-state index is 12.4. The standard InChI is InChI=1S/C17H14N2O5S/c1-24-17(21)11-6-8-12(9-7-11)18-15(20)10-25-16(18)13-4-2-3-5-14(13)19(22)23/h2-9,16H,10H2,1H3. The van der Waals surface area contributed by atoms with E-state index in [1.807, 2.05) is 0 Å². The number of hydrogen-bond acceptors (Lipinski definition) is 6. The van der Waals surface area contributed by atoms with Gasteiger partial charge < -0.3 is 4.74 Å². The highest BCUT2D eigenvalue weighted by Crippen LogP contribution is 2.44. The number of benzene rings is 2. The van der Waals surface area contributed by atoms with E-state index in [1.54, 1.807) is 42.5 Å². The Balaban J connectivity index is 1.98. The number of ether oxygens (including phenoxy) is 1. The number of methoxy groups -OCH3 is 1. The molecular weight excluding hydrogens is 344 g/mol. The molecule has 7 nitrogen and oxygen atoms in total. The van der Waals surface area contributed by atoms with Crippen molar-refractivity contribution in [1.29, 1.82) is 0 Å². The van der Waals surface area contributed by atoms with Gasteiger partial charge in [0.2, 0.25) is 5.91 Å². The van der Waals surface area contributed by atoms with Crippen LogP contribution in [0.5, 0.6) is 0 Å². The molecule has 0 spiro atoms. The minimum absolute atomic E-state index is 0.0223. The number of hydrogen-bond donors (Lipinski definition) is 0. The largest absolute Gasteiger partial charge is 0.465 e. The van der Waals surface area contributed by atoms with Crippen LogP contribution in [0.1, 0.15) is 21.3 Å². The van der Waals surface area contributed by atoms with Gasteiger partial charge in [0, 0.05) is 11.8 Å². The second-order valence-electron chi connectivity index (χ2n) is 5.28. The SMILES string of the molecule is COC(=O)c1ccc(N2C(=O)CSC2c2ccccc2[N+](=O)[O-])cc1. The Morgan fingerprint density at radius 2 is 1.92 bits per heavy atom. The number of rotatable bonds is 4. The molecule has 1 unspecified atom stereocenters. The van der Waals surface area contributed by atoms with Crippen molar-refractivity contribution in [2.24, 2.45) is 0 Å². The molecule has 1 atom stereocenters. The minimum Gasteiger partial charge on any atom is -0.465 e. The van der Waals surface area contributed by atoms with Crippen LogP contribution in [-0.4, -0.2) is 29.7 Å². The lowest BCUT2D eigenvalue weighted by Gasteiger charge is -2.24. The van der Waals surface area contributed by atoms with Crippen molar-refractivity contribution >= 4 is 35.0 Å². The van der Waals surface area contributed by atoms with Gasteiger partial charge in [0.1, 0.15) is 5.37 Å². The second-order valence-corrected chi connectivity index (χ2v) is 6.35. The van der Waals surface area contributed by atoms with E-state index in [4.69, 9.17) is 0 Å². The van der Waals surface area contributed by atoms with E-state index in [-0.39, 0.29) is 17.3 Å². The number of esters is 1. The first-order valence-electron chi connectivity index (χ1n) is 7.38. The van der Waals surface area contributed by atoms with Gasteiger partial charge in [0.15, 0.2) is 0 Å². The number of carbonyl (C=O) groups excluding carboxylic acids is 2. The monoisotopic (exact) mass is 358 g/mol. The van der Waals surface area contributed by atoms with Gasteiger partial charge >= 0.3 is 5.97 Å². The normalized spacial score (nSPS) is 16.8. The molecule has 1 saturated heterocycles. The number of nitrogens with zero attached hydrogens (tertiary/aromatic N) is 2. The lowest BCUT2D eigenvalue weighted by atomic mass is 10.1. The van der Waals surface area contributed by atoms with Gasteiger partial charge in [-0.3, -0.25) is 19.8 Å². The number of para-hydroxylation sites is 1. The first-order valence-corrected chi connectivity index (χ1v) is 8.43. The summed E-state index contributed by atoms with van der Waals surface area (Å²) in [7, 11) is 1.29. The number of amides is 1. The maximum absolute atomic E-state index is 12.4. The molecule has 2 aromatic carbocycles. The van der Waals surface area contributed by atoms with E-state index in [9.17, 15) is 19.7 Å². The summed E-state index contributed by atoms with van der Waals surface area (Å²) in [5.74, 6) is -0.377. The van der Waals surface area contributed by atoms with E-state index < -0.39 is 16.3 Å². The van der Waals surface area contributed by atoms with Crippen molar-refractivity contribution in [1.82, 2.24) is 0 Å². The van der Waals surface area contributed by atoms with E-state index in [2.05, 4.69) is 4.74 Å². The van der Waals surface area contributed by atoms with Gasteiger partial charge in [-0.15, -0.1) is 11.8 Å². The summed E-state index contributed by atoms with van der Waals surface area (Å²) < 4.78 is 4.66.